The maximum absolute atomic E-state index is 11.9. The van der Waals surface area contributed by atoms with Gasteiger partial charge in [0.05, 0.1) is 18.7 Å². The molecular weight excluding hydrogens is 370 g/mol. The number of hydrogen-bond acceptors (Lipinski definition) is 6. The van der Waals surface area contributed by atoms with Crippen LogP contribution in [0.15, 0.2) is 40.4 Å². The number of hydrogen-bond donors (Lipinski definition) is 2. The first-order valence-corrected chi connectivity index (χ1v) is 9.56. The molecule has 3 aromatic rings. The van der Waals surface area contributed by atoms with Crippen molar-refractivity contribution >= 4 is 22.8 Å². The second-order valence-electron chi connectivity index (χ2n) is 7.45. The lowest BCUT2D eigenvalue weighted by molar-refractivity contribution is -0.130. The van der Waals surface area contributed by atoms with E-state index in [2.05, 4.69) is 30.7 Å². The fraction of sp³-hybridized carbons (Fsp3) is 0.350. The molecule has 2 N–H and O–H groups in total. The van der Waals surface area contributed by atoms with E-state index in [4.69, 9.17) is 11.2 Å². The van der Waals surface area contributed by atoms with Crippen LogP contribution in [0, 0.1) is 12.5 Å². The van der Waals surface area contributed by atoms with E-state index in [0.29, 0.717) is 23.3 Å². The fourth-order valence-electron chi connectivity index (χ4n) is 4.43. The van der Waals surface area contributed by atoms with Crippen molar-refractivity contribution in [2.45, 2.75) is 25.7 Å². The molecule has 4 heterocycles. The van der Waals surface area contributed by atoms with Crippen molar-refractivity contribution in [3.63, 3.8) is 0 Å². The standard InChI is InChI=1S/C20H19N7O2/c1-11(28)27-8-4-5-12(10-27)17-19(21-2)16(14-9-22-24-20(14)23-17)13-6-3-7-15-18(13)26-29-25-15/h3,6-7,9,12,16H,4-5,8,10H2,1H3,(H2,22,23,24). The van der Waals surface area contributed by atoms with E-state index in [9.17, 15) is 4.79 Å². The normalized spacial score (nSPS) is 21.6. The molecule has 0 spiro atoms. The van der Waals surface area contributed by atoms with Crippen molar-refractivity contribution in [3.05, 3.63) is 58.3 Å². The largest absolute Gasteiger partial charge is 0.354 e. The molecule has 0 aliphatic carbocycles. The third-order valence-corrected chi connectivity index (χ3v) is 5.81. The summed E-state index contributed by atoms with van der Waals surface area (Å²) in [5.41, 5.74) is 4.48. The topological polar surface area (TPSA) is 104 Å². The Hall–Kier alpha value is -3.67. The smallest absolute Gasteiger partial charge is 0.219 e. The lowest BCUT2D eigenvalue weighted by atomic mass is 9.82. The summed E-state index contributed by atoms with van der Waals surface area (Å²) in [5, 5.41) is 18.6. The highest BCUT2D eigenvalue weighted by Crippen LogP contribution is 2.45. The van der Waals surface area contributed by atoms with Crippen molar-refractivity contribution in [3.8, 4) is 0 Å². The minimum Gasteiger partial charge on any atom is -0.354 e. The Morgan fingerprint density at radius 2 is 2.24 bits per heavy atom. The number of nitrogens with zero attached hydrogens (tertiary/aromatic N) is 5. The van der Waals surface area contributed by atoms with Gasteiger partial charge in [0.1, 0.15) is 16.9 Å². The van der Waals surface area contributed by atoms with Gasteiger partial charge >= 0.3 is 0 Å². The molecular formula is C20H19N7O2. The predicted molar refractivity (Wildman–Crippen MR) is 104 cm³/mol. The van der Waals surface area contributed by atoms with Crippen LogP contribution < -0.4 is 5.32 Å². The molecule has 1 aromatic carbocycles. The number of aromatic amines is 1. The van der Waals surface area contributed by atoms with Gasteiger partial charge in [0.25, 0.3) is 0 Å². The Morgan fingerprint density at radius 3 is 3.07 bits per heavy atom. The van der Waals surface area contributed by atoms with Crippen molar-refractivity contribution in [2.75, 3.05) is 18.4 Å². The average molecular weight is 389 g/mol. The zero-order valence-electron chi connectivity index (χ0n) is 15.8. The number of piperidine rings is 1. The van der Waals surface area contributed by atoms with E-state index in [1.165, 1.54) is 0 Å². The molecule has 2 atom stereocenters. The fourth-order valence-corrected chi connectivity index (χ4v) is 4.43. The van der Waals surface area contributed by atoms with Gasteiger partial charge < -0.3 is 10.2 Å². The Kier molecular flexibility index (Phi) is 4.05. The maximum atomic E-state index is 11.9. The number of carbonyl (C=O) groups is 1. The van der Waals surface area contributed by atoms with Gasteiger partial charge in [0, 0.05) is 37.2 Å². The summed E-state index contributed by atoms with van der Waals surface area (Å²) in [6, 6.07) is 5.68. The van der Waals surface area contributed by atoms with Crippen LogP contribution in [0.4, 0.5) is 5.82 Å². The molecule has 9 nitrogen and oxygen atoms in total. The summed E-state index contributed by atoms with van der Waals surface area (Å²) in [6.07, 6.45) is 3.56. The number of fused-ring (bicyclic) bond motifs is 2. The van der Waals surface area contributed by atoms with Gasteiger partial charge in [-0.15, -0.1) is 0 Å². The van der Waals surface area contributed by atoms with Crippen LogP contribution in [-0.4, -0.2) is 44.4 Å². The van der Waals surface area contributed by atoms with Crippen molar-refractivity contribution in [2.24, 2.45) is 5.92 Å². The van der Waals surface area contributed by atoms with Gasteiger partial charge in [-0.1, -0.05) is 12.1 Å². The highest BCUT2D eigenvalue weighted by atomic mass is 16.6. The third-order valence-electron chi connectivity index (χ3n) is 5.81. The average Bonchev–Trinajstić information content (AvgIpc) is 3.41. The van der Waals surface area contributed by atoms with Crippen molar-refractivity contribution < 1.29 is 9.42 Å². The molecule has 1 amide bonds. The van der Waals surface area contributed by atoms with Crippen LogP contribution in [0.1, 0.15) is 36.8 Å². The Balaban J connectivity index is 1.66. The van der Waals surface area contributed by atoms with Crippen LogP contribution in [0.2, 0.25) is 0 Å². The SMILES string of the molecule is [C-]#[N+]C1=C(C2CCCN(C(C)=O)C2)Nc2[nH]ncc2C1c1cccc2nonc12. The number of carbonyl (C=O) groups excluding carboxylic acids is 1. The lowest BCUT2D eigenvalue weighted by Crippen LogP contribution is -2.41. The summed E-state index contributed by atoms with van der Waals surface area (Å²) in [6.45, 7) is 10.9. The number of rotatable bonds is 2. The quantitative estimate of drug-likeness (QED) is 0.653. The number of likely N-dealkylation sites (tertiary alicyclic amines) is 1. The van der Waals surface area contributed by atoms with Gasteiger partial charge in [-0.3, -0.25) is 9.89 Å². The van der Waals surface area contributed by atoms with Crippen LogP contribution >= 0.6 is 0 Å². The highest BCUT2D eigenvalue weighted by Gasteiger charge is 2.37. The highest BCUT2D eigenvalue weighted by molar-refractivity contribution is 5.80. The summed E-state index contributed by atoms with van der Waals surface area (Å²) >= 11 is 0. The molecule has 1 saturated heterocycles. The van der Waals surface area contributed by atoms with Crippen molar-refractivity contribution in [1.29, 1.82) is 0 Å². The number of anilines is 1. The number of aromatic nitrogens is 4. The number of nitrogens with one attached hydrogen (secondary N) is 2. The van der Waals surface area contributed by atoms with E-state index in [1.807, 2.05) is 23.1 Å². The molecule has 5 rings (SSSR count). The van der Waals surface area contributed by atoms with Crippen LogP contribution in [0.25, 0.3) is 15.9 Å². The molecule has 2 unspecified atom stereocenters. The zero-order chi connectivity index (χ0) is 20.0. The second kappa shape index (κ2) is 6.74. The monoisotopic (exact) mass is 389 g/mol. The molecule has 0 bridgehead atoms. The summed E-state index contributed by atoms with van der Waals surface area (Å²) < 4.78 is 4.94. The first kappa shape index (κ1) is 17.4. The van der Waals surface area contributed by atoms with Gasteiger partial charge in [0.2, 0.25) is 5.91 Å². The van der Waals surface area contributed by atoms with E-state index in [0.717, 1.165) is 42.0 Å². The lowest BCUT2D eigenvalue weighted by Gasteiger charge is -2.36. The summed E-state index contributed by atoms with van der Waals surface area (Å²) in [7, 11) is 0. The first-order chi connectivity index (χ1) is 14.2. The minimum atomic E-state index is -0.333. The molecule has 1 fully saturated rings. The minimum absolute atomic E-state index is 0.0605. The van der Waals surface area contributed by atoms with E-state index < -0.39 is 0 Å². The van der Waals surface area contributed by atoms with E-state index in [-0.39, 0.29) is 17.7 Å². The van der Waals surface area contributed by atoms with Crippen molar-refractivity contribution in [1.82, 2.24) is 25.4 Å². The Morgan fingerprint density at radius 1 is 1.34 bits per heavy atom. The maximum Gasteiger partial charge on any atom is 0.219 e. The molecule has 0 saturated carbocycles. The molecule has 9 heteroatoms. The molecule has 146 valence electrons. The number of amides is 1. The van der Waals surface area contributed by atoms with Gasteiger partial charge in [0.15, 0.2) is 5.70 Å². The van der Waals surface area contributed by atoms with Crippen LogP contribution in [0.3, 0.4) is 0 Å². The van der Waals surface area contributed by atoms with Gasteiger partial charge in [-0.25, -0.2) is 9.47 Å². The molecule has 2 aliphatic rings. The Labute approximate surface area is 166 Å². The zero-order valence-corrected chi connectivity index (χ0v) is 15.8. The Bertz CT molecular complexity index is 1170. The number of H-pyrrole nitrogens is 1. The number of allylic oxidation sites excluding steroid dienone is 1. The molecule has 29 heavy (non-hydrogen) atoms. The van der Waals surface area contributed by atoms with Crippen LogP contribution in [0.5, 0.6) is 0 Å². The second-order valence-corrected chi connectivity index (χ2v) is 7.45. The first-order valence-electron chi connectivity index (χ1n) is 9.56. The molecule has 2 aromatic heterocycles. The van der Waals surface area contributed by atoms with E-state index >= 15 is 0 Å². The number of benzene rings is 1. The van der Waals surface area contributed by atoms with Gasteiger partial charge in [-0.2, -0.15) is 5.10 Å². The summed E-state index contributed by atoms with van der Waals surface area (Å²) in [5.74, 6) is 0.560. The van der Waals surface area contributed by atoms with E-state index in [1.54, 1.807) is 13.1 Å². The summed E-state index contributed by atoms with van der Waals surface area (Å²) in [4.78, 5) is 17.7. The van der Waals surface area contributed by atoms with Crippen LogP contribution in [-0.2, 0) is 4.79 Å². The third kappa shape index (κ3) is 2.76. The molecule has 0 radical (unpaired) electrons. The molecule has 2 aliphatic heterocycles. The van der Waals surface area contributed by atoms with Gasteiger partial charge in [-0.05, 0) is 34.8 Å². The predicted octanol–water partition coefficient (Wildman–Crippen LogP) is 2.89.